The topological polar surface area (TPSA) is 36.7 Å². The summed E-state index contributed by atoms with van der Waals surface area (Å²) < 4.78 is 18.3. The van der Waals surface area contributed by atoms with Gasteiger partial charge in [-0.25, -0.2) is 4.39 Å². The average Bonchev–Trinajstić information content (AvgIpc) is 2.91. The maximum atomic E-state index is 13.1. The highest BCUT2D eigenvalue weighted by molar-refractivity contribution is 5.77. The van der Waals surface area contributed by atoms with Crippen molar-refractivity contribution in [2.45, 2.75) is 13.1 Å². The molecule has 1 heterocycles. The number of hydrogen-bond acceptors (Lipinski definition) is 3. The SMILES string of the molecule is CN(CC(=O)N(C)Cc1ccco1)Cc1cccc(F)c1. The van der Waals surface area contributed by atoms with Gasteiger partial charge < -0.3 is 9.32 Å². The normalized spacial score (nSPS) is 10.9. The molecule has 0 bridgehead atoms. The number of halogens is 1. The molecule has 0 N–H and O–H groups in total. The van der Waals surface area contributed by atoms with Crippen molar-refractivity contribution < 1.29 is 13.6 Å². The Morgan fingerprint density at radius 1 is 1.19 bits per heavy atom. The minimum absolute atomic E-state index is 0.00898. The molecule has 0 unspecified atom stereocenters. The van der Waals surface area contributed by atoms with Crippen LogP contribution >= 0.6 is 0 Å². The van der Waals surface area contributed by atoms with Crippen molar-refractivity contribution in [1.29, 1.82) is 0 Å². The molecule has 5 heteroatoms. The first-order valence-corrected chi connectivity index (χ1v) is 6.74. The van der Waals surface area contributed by atoms with Crippen LogP contribution in [0.25, 0.3) is 0 Å². The first-order chi connectivity index (χ1) is 10.0. The van der Waals surface area contributed by atoms with Gasteiger partial charge in [0.1, 0.15) is 11.6 Å². The van der Waals surface area contributed by atoms with E-state index in [0.29, 0.717) is 13.1 Å². The van der Waals surface area contributed by atoms with Crippen molar-refractivity contribution in [3.63, 3.8) is 0 Å². The molecule has 2 aromatic rings. The molecule has 2 rings (SSSR count). The quantitative estimate of drug-likeness (QED) is 0.820. The van der Waals surface area contributed by atoms with Crippen LogP contribution in [0.1, 0.15) is 11.3 Å². The molecule has 0 atom stereocenters. The summed E-state index contributed by atoms with van der Waals surface area (Å²) in [4.78, 5) is 15.6. The molecule has 4 nitrogen and oxygen atoms in total. The summed E-state index contributed by atoms with van der Waals surface area (Å²) in [6, 6.07) is 10.0. The fraction of sp³-hybridized carbons (Fsp3) is 0.312. The lowest BCUT2D eigenvalue weighted by molar-refractivity contribution is -0.131. The summed E-state index contributed by atoms with van der Waals surface area (Å²) in [5.74, 6) is 0.478. The second-order valence-corrected chi connectivity index (χ2v) is 5.13. The lowest BCUT2D eigenvalue weighted by Gasteiger charge is -2.21. The third-order valence-electron chi connectivity index (χ3n) is 3.15. The molecular formula is C16H19FN2O2. The van der Waals surface area contributed by atoms with Crippen molar-refractivity contribution in [2.24, 2.45) is 0 Å². The van der Waals surface area contributed by atoms with Crippen LogP contribution in [0.3, 0.4) is 0 Å². The molecule has 0 saturated carbocycles. The van der Waals surface area contributed by atoms with Crippen molar-refractivity contribution in [3.8, 4) is 0 Å². The van der Waals surface area contributed by atoms with E-state index >= 15 is 0 Å². The van der Waals surface area contributed by atoms with Crippen LogP contribution in [0.5, 0.6) is 0 Å². The van der Waals surface area contributed by atoms with E-state index in [0.717, 1.165) is 11.3 Å². The monoisotopic (exact) mass is 290 g/mol. The molecule has 1 aromatic heterocycles. The minimum atomic E-state index is -0.262. The first kappa shape index (κ1) is 15.3. The molecule has 0 spiro atoms. The zero-order valence-corrected chi connectivity index (χ0v) is 12.3. The summed E-state index contributed by atoms with van der Waals surface area (Å²) in [6.07, 6.45) is 1.59. The predicted octanol–water partition coefficient (Wildman–Crippen LogP) is 2.51. The summed E-state index contributed by atoms with van der Waals surface area (Å²) in [5, 5.41) is 0. The van der Waals surface area contributed by atoms with Crippen molar-refractivity contribution in [3.05, 3.63) is 59.8 Å². The summed E-state index contributed by atoms with van der Waals surface area (Å²) in [6.45, 7) is 1.24. The maximum absolute atomic E-state index is 13.1. The van der Waals surface area contributed by atoms with Gasteiger partial charge in [0.05, 0.1) is 19.4 Å². The minimum Gasteiger partial charge on any atom is -0.467 e. The zero-order valence-electron chi connectivity index (χ0n) is 12.3. The van der Waals surface area contributed by atoms with Crippen LogP contribution in [0.15, 0.2) is 47.1 Å². The summed E-state index contributed by atoms with van der Waals surface area (Å²) in [5.41, 5.74) is 0.846. The number of hydrogen-bond donors (Lipinski definition) is 0. The van der Waals surface area contributed by atoms with E-state index in [4.69, 9.17) is 4.42 Å². The van der Waals surface area contributed by atoms with E-state index in [1.807, 2.05) is 24.1 Å². The van der Waals surface area contributed by atoms with E-state index in [2.05, 4.69) is 0 Å². The van der Waals surface area contributed by atoms with Gasteiger partial charge >= 0.3 is 0 Å². The Bertz CT molecular complexity index is 584. The first-order valence-electron chi connectivity index (χ1n) is 6.74. The lowest BCUT2D eigenvalue weighted by atomic mass is 10.2. The van der Waals surface area contributed by atoms with Gasteiger partial charge in [0.15, 0.2) is 0 Å². The molecule has 0 aliphatic rings. The number of nitrogens with zero attached hydrogens (tertiary/aromatic N) is 2. The number of furan rings is 1. The summed E-state index contributed by atoms with van der Waals surface area (Å²) in [7, 11) is 3.57. The second kappa shape index (κ2) is 7.04. The van der Waals surface area contributed by atoms with Crippen LogP contribution in [0, 0.1) is 5.82 Å². The Morgan fingerprint density at radius 3 is 2.67 bits per heavy atom. The van der Waals surface area contributed by atoms with E-state index in [1.54, 1.807) is 30.3 Å². The fourth-order valence-electron chi connectivity index (χ4n) is 2.08. The predicted molar refractivity (Wildman–Crippen MR) is 77.9 cm³/mol. The molecular weight excluding hydrogens is 271 g/mol. The van der Waals surface area contributed by atoms with Gasteiger partial charge in [-0.15, -0.1) is 0 Å². The molecule has 0 saturated heterocycles. The maximum Gasteiger partial charge on any atom is 0.236 e. The number of amides is 1. The highest BCUT2D eigenvalue weighted by Gasteiger charge is 2.13. The van der Waals surface area contributed by atoms with E-state index in [-0.39, 0.29) is 18.3 Å². The van der Waals surface area contributed by atoms with Gasteiger partial charge in [-0.05, 0) is 36.9 Å². The highest BCUT2D eigenvalue weighted by Crippen LogP contribution is 2.07. The van der Waals surface area contributed by atoms with Crippen LogP contribution in [-0.2, 0) is 17.9 Å². The van der Waals surface area contributed by atoms with Crippen LogP contribution in [0.2, 0.25) is 0 Å². The number of benzene rings is 1. The van der Waals surface area contributed by atoms with Gasteiger partial charge in [0.2, 0.25) is 5.91 Å². The zero-order chi connectivity index (χ0) is 15.2. The molecule has 0 fully saturated rings. The third kappa shape index (κ3) is 4.72. The smallest absolute Gasteiger partial charge is 0.236 e. The van der Waals surface area contributed by atoms with Crippen molar-refractivity contribution >= 4 is 5.91 Å². The van der Waals surface area contributed by atoms with E-state index in [1.165, 1.54) is 12.1 Å². The van der Waals surface area contributed by atoms with Crippen molar-refractivity contribution in [1.82, 2.24) is 9.80 Å². The third-order valence-corrected chi connectivity index (χ3v) is 3.15. The number of carbonyl (C=O) groups excluding carboxylic acids is 1. The largest absolute Gasteiger partial charge is 0.467 e. The summed E-state index contributed by atoms with van der Waals surface area (Å²) >= 11 is 0. The number of likely N-dealkylation sites (N-methyl/N-ethyl adjacent to an activating group) is 2. The fourth-order valence-corrected chi connectivity index (χ4v) is 2.08. The van der Waals surface area contributed by atoms with Gasteiger partial charge in [0.25, 0.3) is 0 Å². The van der Waals surface area contributed by atoms with Gasteiger partial charge in [0, 0.05) is 13.6 Å². The van der Waals surface area contributed by atoms with Crippen molar-refractivity contribution in [2.75, 3.05) is 20.6 Å². The van der Waals surface area contributed by atoms with Crippen LogP contribution in [0.4, 0.5) is 4.39 Å². The Hall–Kier alpha value is -2.14. The molecule has 0 aliphatic heterocycles. The molecule has 0 radical (unpaired) electrons. The molecule has 1 aromatic carbocycles. The van der Waals surface area contributed by atoms with E-state index in [9.17, 15) is 9.18 Å². The Labute approximate surface area is 123 Å². The van der Waals surface area contributed by atoms with Gasteiger partial charge in [-0.1, -0.05) is 12.1 Å². The number of carbonyl (C=O) groups is 1. The second-order valence-electron chi connectivity index (χ2n) is 5.13. The molecule has 112 valence electrons. The van der Waals surface area contributed by atoms with Crippen LogP contribution < -0.4 is 0 Å². The Balaban J connectivity index is 1.84. The lowest BCUT2D eigenvalue weighted by Crippen LogP contribution is -2.35. The van der Waals surface area contributed by atoms with E-state index < -0.39 is 0 Å². The number of rotatable bonds is 6. The Morgan fingerprint density at radius 2 is 2.00 bits per heavy atom. The molecule has 1 amide bonds. The average molecular weight is 290 g/mol. The molecule has 0 aliphatic carbocycles. The highest BCUT2D eigenvalue weighted by atomic mass is 19.1. The van der Waals surface area contributed by atoms with Gasteiger partial charge in [-0.3, -0.25) is 9.69 Å². The molecule has 21 heavy (non-hydrogen) atoms. The van der Waals surface area contributed by atoms with Crippen LogP contribution in [-0.4, -0.2) is 36.3 Å². The standard InChI is InChI=1S/C16H19FN2O2/c1-18(10-13-5-3-6-14(17)9-13)12-16(20)19(2)11-15-7-4-8-21-15/h3-9H,10-12H2,1-2H3. The van der Waals surface area contributed by atoms with Gasteiger partial charge in [-0.2, -0.15) is 0 Å². The Kier molecular flexibility index (Phi) is 5.11.